The molecule has 3 aromatic carbocycles. The first-order valence-corrected chi connectivity index (χ1v) is 8.96. The smallest absolute Gasteiger partial charge is 0.115 e. The van der Waals surface area contributed by atoms with Gasteiger partial charge in [-0.1, -0.05) is 50.2 Å². The highest BCUT2D eigenvalue weighted by molar-refractivity contribution is 5.49. The molecule has 0 bridgehead atoms. The van der Waals surface area contributed by atoms with Crippen LogP contribution in [0.1, 0.15) is 47.2 Å². The number of rotatable bonds is 4. The lowest BCUT2D eigenvalue weighted by Gasteiger charge is -2.29. The third kappa shape index (κ3) is 3.45. The molecule has 2 heteroatoms. The molecule has 0 saturated carbocycles. The zero-order chi connectivity index (χ0) is 18.9. The van der Waals surface area contributed by atoms with Crippen LogP contribution in [0, 0.1) is 13.8 Å². The van der Waals surface area contributed by atoms with Crippen molar-refractivity contribution in [1.82, 2.24) is 0 Å². The van der Waals surface area contributed by atoms with Crippen molar-refractivity contribution < 1.29 is 10.2 Å². The highest BCUT2D eigenvalue weighted by Gasteiger charge is 2.26. The van der Waals surface area contributed by atoms with Crippen molar-refractivity contribution >= 4 is 0 Å². The summed E-state index contributed by atoms with van der Waals surface area (Å²) in [7, 11) is 0. The average molecular weight is 346 g/mol. The number of aromatic hydroxyl groups is 2. The predicted molar refractivity (Wildman–Crippen MR) is 107 cm³/mol. The molecule has 0 aliphatic rings. The molecule has 3 rings (SSSR count). The molecule has 0 spiro atoms. The van der Waals surface area contributed by atoms with Crippen LogP contribution < -0.4 is 0 Å². The lowest BCUT2D eigenvalue weighted by Crippen LogP contribution is -2.21. The van der Waals surface area contributed by atoms with E-state index >= 15 is 0 Å². The third-order valence-electron chi connectivity index (χ3n) is 5.49. The highest BCUT2D eigenvalue weighted by Crippen LogP contribution is 2.36. The van der Waals surface area contributed by atoms with E-state index in [9.17, 15) is 10.2 Å². The van der Waals surface area contributed by atoms with Crippen molar-refractivity contribution in [2.75, 3.05) is 0 Å². The van der Waals surface area contributed by atoms with Crippen LogP contribution in [0.4, 0.5) is 0 Å². The van der Waals surface area contributed by atoms with Gasteiger partial charge in [0, 0.05) is 5.41 Å². The first-order chi connectivity index (χ1) is 12.3. The van der Waals surface area contributed by atoms with Gasteiger partial charge in [0.2, 0.25) is 0 Å². The lowest BCUT2D eigenvalue weighted by molar-refractivity contribution is 0.474. The summed E-state index contributed by atoms with van der Waals surface area (Å²) in [4.78, 5) is 0. The van der Waals surface area contributed by atoms with Gasteiger partial charge in [-0.05, 0) is 77.9 Å². The largest absolute Gasteiger partial charge is 0.508 e. The van der Waals surface area contributed by atoms with Gasteiger partial charge in [-0.2, -0.15) is 0 Å². The lowest BCUT2D eigenvalue weighted by atomic mass is 9.74. The summed E-state index contributed by atoms with van der Waals surface area (Å²) in [6.07, 6.45) is 0.854. The quantitative estimate of drug-likeness (QED) is 0.642. The van der Waals surface area contributed by atoms with Crippen LogP contribution in [0.3, 0.4) is 0 Å². The van der Waals surface area contributed by atoms with Crippen LogP contribution in [-0.2, 0) is 11.8 Å². The molecule has 0 heterocycles. The van der Waals surface area contributed by atoms with Crippen molar-refractivity contribution in [3.8, 4) is 11.5 Å². The van der Waals surface area contributed by atoms with Crippen molar-refractivity contribution in [1.29, 1.82) is 0 Å². The van der Waals surface area contributed by atoms with Crippen molar-refractivity contribution in [2.24, 2.45) is 0 Å². The minimum absolute atomic E-state index is 0.139. The zero-order valence-electron chi connectivity index (χ0n) is 15.9. The number of phenols is 2. The van der Waals surface area contributed by atoms with Gasteiger partial charge in [0.05, 0.1) is 0 Å². The van der Waals surface area contributed by atoms with E-state index in [1.165, 1.54) is 33.4 Å². The first kappa shape index (κ1) is 18.1. The number of hydrogen-bond donors (Lipinski definition) is 2. The molecule has 2 N–H and O–H groups in total. The first-order valence-electron chi connectivity index (χ1n) is 8.96. The molecule has 0 aliphatic carbocycles. The van der Waals surface area contributed by atoms with Crippen molar-refractivity contribution in [3.05, 3.63) is 94.0 Å². The molecule has 3 aromatic rings. The molecule has 0 fully saturated rings. The van der Waals surface area contributed by atoms with Gasteiger partial charge < -0.3 is 10.2 Å². The van der Waals surface area contributed by atoms with Gasteiger partial charge in [0.15, 0.2) is 0 Å². The minimum Gasteiger partial charge on any atom is -0.508 e. The van der Waals surface area contributed by atoms with Gasteiger partial charge in [-0.25, -0.2) is 0 Å². The standard InChI is InChI=1S/C24H26O2/c1-16-17(2)23(24(3,4)20-8-12-22(26)13-9-20)14-7-19(16)15-18-5-10-21(25)11-6-18/h5-14,25-26H,15H2,1-4H3. The summed E-state index contributed by atoms with van der Waals surface area (Å²) in [6.45, 7) is 8.82. The second-order valence-corrected chi connectivity index (χ2v) is 7.54. The van der Waals surface area contributed by atoms with Crippen LogP contribution in [0.15, 0.2) is 60.7 Å². The van der Waals surface area contributed by atoms with E-state index in [1.807, 2.05) is 24.3 Å². The Kier molecular flexibility index (Phi) is 4.78. The van der Waals surface area contributed by atoms with Crippen molar-refractivity contribution in [3.63, 3.8) is 0 Å². The van der Waals surface area contributed by atoms with E-state index in [1.54, 1.807) is 24.3 Å². The Morgan fingerprint density at radius 3 is 1.81 bits per heavy atom. The highest BCUT2D eigenvalue weighted by atomic mass is 16.3. The fourth-order valence-electron chi connectivity index (χ4n) is 3.61. The van der Waals surface area contributed by atoms with Gasteiger partial charge in [0.1, 0.15) is 11.5 Å². The fraction of sp³-hybridized carbons (Fsp3) is 0.250. The molecular weight excluding hydrogens is 320 g/mol. The molecule has 0 aromatic heterocycles. The molecule has 0 radical (unpaired) electrons. The Balaban J connectivity index is 1.96. The van der Waals surface area contributed by atoms with Crippen molar-refractivity contribution in [2.45, 2.75) is 39.5 Å². The van der Waals surface area contributed by atoms with E-state index in [2.05, 4.69) is 39.8 Å². The Morgan fingerprint density at radius 1 is 0.692 bits per heavy atom. The molecule has 0 atom stereocenters. The molecule has 26 heavy (non-hydrogen) atoms. The number of phenolic OH excluding ortho intramolecular Hbond substituents is 2. The molecular formula is C24H26O2. The van der Waals surface area contributed by atoms with E-state index in [4.69, 9.17) is 0 Å². The molecule has 0 aliphatic heterocycles. The van der Waals surface area contributed by atoms with E-state index in [0.717, 1.165) is 6.42 Å². The average Bonchev–Trinajstić information content (AvgIpc) is 2.61. The fourth-order valence-corrected chi connectivity index (χ4v) is 3.61. The maximum atomic E-state index is 9.57. The number of benzene rings is 3. The summed E-state index contributed by atoms with van der Waals surface area (Å²) in [5.74, 6) is 0.592. The molecule has 0 saturated heterocycles. The summed E-state index contributed by atoms with van der Waals surface area (Å²) < 4.78 is 0. The monoisotopic (exact) mass is 346 g/mol. The maximum absolute atomic E-state index is 9.57. The Bertz CT molecular complexity index is 904. The summed E-state index contributed by atoms with van der Waals surface area (Å²) in [5, 5.41) is 19.0. The Hall–Kier alpha value is -2.74. The molecule has 2 nitrogen and oxygen atoms in total. The molecule has 0 amide bonds. The SMILES string of the molecule is Cc1c(Cc2ccc(O)cc2)ccc(C(C)(C)c2ccc(O)cc2)c1C. The third-order valence-corrected chi connectivity index (χ3v) is 5.49. The maximum Gasteiger partial charge on any atom is 0.115 e. The second kappa shape index (κ2) is 6.87. The van der Waals surface area contributed by atoms with Gasteiger partial charge in [-0.15, -0.1) is 0 Å². The molecule has 0 unspecified atom stereocenters. The van der Waals surface area contributed by atoms with Gasteiger partial charge >= 0.3 is 0 Å². The summed E-state index contributed by atoms with van der Waals surface area (Å²) in [5.41, 5.74) is 7.45. The zero-order valence-corrected chi connectivity index (χ0v) is 15.9. The summed E-state index contributed by atoms with van der Waals surface area (Å²) in [6, 6.07) is 19.3. The number of hydrogen-bond acceptors (Lipinski definition) is 2. The van der Waals surface area contributed by atoms with Gasteiger partial charge in [-0.3, -0.25) is 0 Å². The van der Waals surface area contributed by atoms with E-state index in [0.29, 0.717) is 11.5 Å². The second-order valence-electron chi connectivity index (χ2n) is 7.54. The van der Waals surface area contributed by atoms with E-state index in [-0.39, 0.29) is 5.41 Å². The topological polar surface area (TPSA) is 40.5 Å². The van der Waals surface area contributed by atoms with Gasteiger partial charge in [0.25, 0.3) is 0 Å². The van der Waals surface area contributed by atoms with Crippen LogP contribution in [0.25, 0.3) is 0 Å². The normalized spacial score (nSPS) is 11.5. The van der Waals surface area contributed by atoms with Crippen LogP contribution in [0.5, 0.6) is 11.5 Å². The Labute approximate surface area is 155 Å². The predicted octanol–water partition coefficient (Wildman–Crippen LogP) is 5.63. The van der Waals surface area contributed by atoms with Crippen LogP contribution in [0.2, 0.25) is 0 Å². The van der Waals surface area contributed by atoms with Crippen LogP contribution in [-0.4, -0.2) is 10.2 Å². The Morgan fingerprint density at radius 2 is 1.23 bits per heavy atom. The minimum atomic E-state index is -0.139. The molecule has 134 valence electrons. The van der Waals surface area contributed by atoms with E-state index < -0.39 is 0 Å². The summed E-state index contributed by atoms with van der Waals surface area (Å²) >= 11 is 0. The van der Waals surface area contributed by atoms with Crippen LogP contribution >= 0.6 is 0 Å².